The lowest BCUT2D eigenvalue weighted by molar-refractivity contribution is -0.111. The van der Waals surface area contributed by atoms with Crippen LogP contribution in [0.25, 0.3) is 17.2 Å². The van der Waals surface area contributed by atoms with Crippen LogP contribution in [0.3, 0.4) is 0 Å². The number of rotatable bonds is 8. The molecule has 174 valence electrons. The summed E-state index contributed by atoms with van der Waals surface area (Å²) in [7, 11) is 1.63. The molecule has 0 saturated carbocycles. The summed E-state index contributed by atoms with van der Waals surface area (Å²) < 4.78 is 5.21. The van der Waals surface area contributed by atoms with E-state index in [1.807, 2.05) is 97.1 Å². The van der Waals surface area contributed by atoms with Gasteiger partial charge in [0.1, 0.15) is 5.75 Å². The highest BCUT2D eigenvalue weighted by atomic mass is 16.5. The fourth-order valence-electron chi connectivity index (χ4n) is 3.59. The molecule has 2 amide bonds. The van der Waals surface area contributed by atoms with Gasteiger partial charge in [0.15, 0.2) is 0 Å². The number of methoxy groups -OCH3 is 1. The van der Waals surface area contributed by atoms with Crippen LogP contribution < -0.4 is 15.4 Å². The van der Waals surface area contributed by atoms with Crippen LogP contribution in [0.15, 0.2) is 109 Å². The van der Waals surface area contributed by atoms with Crippen molar-refractivity contribution in [1.82, 2.24) is 5.32 Å². The molecule has 2 N–H and O–H groups in total. The van der Waals surface area contributed by atoms with Gasteiger partial charge in [-0.1, -0.05) is 66.7 Å². The van der Waals surface area contributed by atoms with Crippen LogP contribution in [-0.2, 0) is 11.3 Å². The van der Waals surface area contributed by atoms with E-state index in [4.69, 9.17) is 4.74 Å². The Bertz CT molecular complexity index is 1330. The van der Waals surface area contributed by atoms with Gasteiger partial charge in [0.25, 0.3) is 5.91 Å². The lowest BCUT2D eigenvalue weighted by Crippen LogP contribution is -2.22. The molecular weight excluding hydrogens is 436 g/mol. The number of ether oxygens (including phenoxy) is 1. The van der Waals surface area contributed by atoms with Crippen molar-refractivity contribution in [2.45, 2.75) is 6.54 Å². The maximum atomic E-state index is 12.8. The minimum absolute atomic E-state index is 0.166. The molecule has 0 aliphatic heterocycles. The van der Waals surface area contributed by atoms with E-state index < -0.39 is 0 Å². The zero-order chi connectivity index (χ0) is 24.5. The minimum Gasteiger partial charge on any atom is -0.497 e. The Morgan fingerprint density at radius 3 is 2.34 bits per heavy atom. The molecule has 0 spiro atoms. The lowest BCUT2D eigenvalue weighted by atomic mass is 10.0. The molecule has 5 heteroatoms. The fraction of sp³-hybridized carbons (Fsp3) is 0.0667. The molecule has 0 aromatic heterocycles. The van der Waals surface area contributed by atoms with Crippen LogP contribution in [0, 0.1) is 0 Å². The average Bonchev–Trinajstić information content (AvgIpc) is 2.91. The van der Waals surface area contributed by atoms with Gasteiger partial charge in [0.2, 0.25) is 5.91 Å². The van der Waals surface area contributed by atoms with E-state index in [2.05, 4.69) is 10.6 Å². The maximum absolute atomic E-state index is 12.8. The van der Waals surface area contributed by atoms with Crippen LogP contribution in [0.1, 0.15) is 21.5 Å². The van der Waals surface area contributed by atoms with E-state index in [-0.39, 0.29) is 11.8 Å². The third-order valence-electron chi connectivity index (χ3n) is 5.42. The Kier molecular flexibility index (Phi) is 7.71. The Morgan fingerprint density at radius 1 is 0.800 bits per heavy atom. The quantitative estimate of drug-likeness (QED) is 0.318. The van der Waals surface area contributed by atoms with Crippen molar-refractivity contribution >= 4 is 23.6 Å². The number of carbonyl (C=O) groups is 2. The molecule has 4 aromatic carbocycles. The average molecular weight is 463 g/mol. The first-order chi connectivity index (χ1) is 17.1. The fourth-order valence-corrected chi connectivity index (χ4v) is 3.59. The number of carbonyl (C=O) groups excluding carboxylic acids is 2. The summed E-state index contributed by atoms with van der Waals surface area (Å²) in [5, 5.41) is 5.81. The van der Waals surface area contributed by atoms with Gasteiger partial charge in [-0.25, -0.2) is 0 Å². The van der Waals surface area contributed by atoms with Crippen molar-refractivity contribution in [2.24, 2.45) is 0 Å². The third kappa shape index (κ3) is 6.68. The topological polar surface area (TPSA) is 67.4 Å². The van der Waals surface area contributed by atoms with Crippen molar-refractivity contribution in [3.63, 3.8) is 0 Å². The Morgan fingerprint density at radius 2 is 1.57 bits per heavy atom. The van der Waals surface area contributed by atoms with Crippen LogP contribution in [0.4, 0.5) is 5.69 Å². The van der Waals surface area contributed by atoms with E-state index in [0.717, 1.165) is 28.0 Å². The summed E-state index contributed by atoms with van der Waals surface area (Å²) in [6.07, 6.45) is 3.26. The van der Waals surface area contributed by atoms with Crippen molar-refractivity contribution in [3.05, 3.63) is 126 Å². The first-order valence-electron chi connectivity index (χ1n) is 11.3. The maximum Gasteiger partial charge on any atom is 0.251 e. The van der Waals surface area contributed by atoms with E-state index >= 15 is 0 Å². The van der Waals surface area contributed by atoms with Crippen molar-refractivity contribution in [1.29, 1.82) is 0 Å². The van der Waals surface area contributed by atoms with Crippen LogP contribution in [0.5, 0.6) is 5.75 Å². The zero-order valence-electron chi connectivity index (χ0n) is 19.4. The molecule has 4 aromatic rings. The second-order valence-electron chi connectivity index (χ2n) is 7.93. The summed E-state index contributed by atoms with van der Waals surface area (Å²) in [5.74, 6) is 0.402. The summed E-state index contributed by atoms with van der Waals surface area (Å²) in [5.41, 5.74) is 5.04. The number of benzene rings is 4. The second kappa shape index (κ2) is 11.5. The number of hydrogen-bond donors (Lipinski definition) is 2. The van der Waals surface area contributed by atoms with Crippen LogP contribution in [0.2, 0.25) is 0 Å². The molecule has 5 nitrogen and oxygen atoms in total. The van der Waals surface area contributed by atoms with Crippen LogP contribution in [-0.4, -0.2) is 18.9 Å². The van der Waals surface area contributed by atoms with Crippen molar-refractivity contribution in [2.75, 3.05) is 12.4 Å². The highest BCUT2D eigenvalue weighted by Gasteiger charge is 2.08. The number of nitrogens with one attached hydrogen (secondary N) is 2. The third-order valence-corrected chi connectivity index (χ3v) is 5.42. The highest BCUT2D eigenvalue weighted by Crippen LogP contribution is 2.23. The summed E-state index contributed by atoms with van der Waals surface area (Å²) in [6, 6.07) is 32.3. The van der Waals surface area contributed by atoms with Gasteiger partial charge in [0, 0.05) is 23.9 Å². The first kappa shape index (κ1) is 23.5. The number of anilines is 1. The van der Waals surface area contributed by atoms with Gasteiger partial charge in [-0.05, 0) is 64.7 Å². The lowest BCUT2D eigenvalue weighted by Gasteiger charge is -2.09. The molecule has 0 radical (unpaired) electrons. The van der Waals surface area contributed by atoms with Gasteiger partial charge in [-0.3, -0.25) is 9.59 Å². The monoisotopic (exact) mass is 462 g/mol. The smallest absolute Gasteiger partial charge is 0.251 e. The summed E-state index contributed by atoms with van der Waals surface area (Å²) in [4.78, 5) is 25.0. The molecule has 0 bridgehead atoms. The molecule has 0 saturated heterocycles. The molecule has 35 heavy (non-hydrogen) atoms. The van der Waals surface area contributed by atoms with Gasteiger partial charge >= 0.3 is 0 Å². The standard InChI is InChI=1S/C30H26N2O3/c1-35-28-16-14-24(15-17-28)25-10-6-11-26(20-25)30(34)31-21-23-9-5-12-27(19-23)32-29(33)18-13-22-7-3-2-4-8-22/h2-20H,21H2,1H3,(H,31,34)(H,32,33)/b18-13+. The molecule has 0 aliphatic carbocycles. The highest BCUT2D eigenvalue weighted by molar-refractivity contribution is 6.02. The molecule has 4 rings (SSSR count). The summed E-state index contributed by atoms with van der Waals surface area (Å²) >= 11 is 0. The van der Waals surface area contributed by atoms with E-state index in [9.17, 15) is 9.59 Å². The molecular formula is C30H26N2O3. The molecule has 0 atom stereocenters. The van der Waals surface area contributed by atoms with E-state index in [1.54, 1.807) is 19.3 Å². The number of amides is 2. The molecule has 0 unspecified atom stereocenters. The predicted octanol–water partition coefficient (Wildman–Crippen LogP) is 5.94. The van der Waals surface area contributed by atoms with Gasteiger partial charge in [-0.2, -0.15) is 0 Å². The van der Waals surface area contributed by atoms with E-state index in [0.29, 0.717) is 17.8 Å². The second-order valence-corrected chi connectivity index (χ2v) is 7.93. The molecule has 0 heterocycles. The summed E-state index contributed by atoms with van der Waals surface area (Å²) in [6.45, 7) is 0.342. The van der Waals surface area contributed by atoms with Crippen molar-refractivity contribution < 1.29 is 14.3 Å². The normalized spacial score (nSPS) is 10.7. The van der Waals surface area contributed by atoms with Crippen LogP contribution >= 0.6 is 0 Å². The largest absolute Gasteiger partial charge is 0.497 e. The van der Waals surface area contributed by atoms with Gasteiger partial charge < -0.3 is 15.4 Å². The minimum atomic E-state index is -0.217. The zero-order valence-corrected chi connectivity index (χ0v) is 19.4. The molecule has 0 aliphatic rings. The Labute approximate surface area is 205 Å². The predicted molar refractivity (Wildman–Crippen MR) is 140 cm³/mol. The van der Waals surface area contributed by atoms with E-state index in [1.165, 1.54) is 6.08 Å². The molecule has 0 fully saturated rings. The van der Waals surface area contributed by atoms with Gasteiger partial charge in [0.05, 0.1) is 7.11 Å². The van der Waals surface area contributed by atoms with Crippen molar-refractivity contribution in [3.8, 4) is 16.9 Å². The first-order valence-corrected chi connectivity index (χ1v) is 11.3. The number of hydrogen-bond acceptors (Lipinski definition) is 3. The Balaban J connectivity index is 1.35. The van der Waals surface area contributed by atoms with Gasteiger partial charge in [-0.15, -0.1) is 0 Å². The SMILES string of the molecule is COc1ccc(-c2cccc(C(=O)NCc3cccc(NC(=O)/C=C/c4ccccc4)c3)c2)cc1. The Hall–Kier alpha value is -4.64.